The molecule has 0 bridgehead atoms. The Morgan fingerprint density at radius 1 is 1.16 bits per heavy atom. The molecule has 3 rings (SSSR count). The van der Waals surface area contributed by atoms with Gasteiger partial charge in [0.2, 0.25) is 5.91 Å². The number of methoxy groups -OCH3 is 1. The number of nitrogens with zero attached hydrogens (tertiary/aromatic N) is 1. The van der Waals surface area contributed by atoms with Gasteiger partial charge in [0, 0.05) is 31.5 Å². The number of hydrogen-bond acceptors (Lipinski definition) is 5. The van der Waals surface area contributed by atoms with E-state index in [0.717, 1.165) is 12.0 Å². The van der Waals surface area contributed by atoms with Crippen LogP contribution in [0.1, 0.15) is 34.3 Å². The van der Waals surface area contributed by atoms with E-state index in [2.05, 4.69) is 10.0 Å². The zero-order valence-corrected chi connectivity index (χ0v) is 19.4. The lowest BCUT2D eigenvalue weighted by molar-refractivity contribution is -0.125. The number of rotatable bonds is 8. The Hall–Kier alpha value is -2.91. The number of sulfonamides is 1. The van der Waals surface area contributed by atoms with Gasteiger partial charge in [0.15, 0.2) is 0 Å². The van der Waals surface area contributed by atoms with Crippen molar-refractivity contribution in [2.45, 2.75) is 37.6 Å². The number of nitrogens with one attached hydrogen (secondary N) is 2. The van der Waals surface area contributed by atoms with Crippen LogP contribution in [-0.4, -0.2) is 58.0 Å². The van der Waals surface area contributed by atoms with E-state index in [9.17, 15) is 18.0 Å². The summed E-state index contributed by atoms with van der Waals surface area (Å²) in [5.41, 5.74) is 2.08. The summed E-state index contributed by atoms with van der Waals surface area (Å²) in [6.45, 7) is 4.81. The van der Waals surface area contributed by atoms with Crippen LogP contribution in [0.15, 0.2) is 47.4 Å². The zero-order chi connectivity index (χ0) is 23.3. The minimum absolute atomic E-state index is 0.196. The molecule has 8 nitrogen and oxygen atoms in total. The Labute approximate surface area is 189 Å². The number of aryl methyl sites for hydroxylation is 2. The average Bonchev–Trinajstić information content (AvgIpc) is 3.25. The van der Waals surface area contributed by atoms with Gasteiger partial charge in [0.25, 0.3) is 15.9 Å². The van der Waals surface area contributed by atoms with Gasteiger partial charge in [-0.1, -0.05) is 18.2 Å². The van der Waals surface area contributed by atoms with E-state index in [-0.39, 0.29) is 22.4 Å². The van der Waals surface area contributed by atoms with Crippen LogP contribution in [-0.2, 0) is 19.6 Å². The maximum Gasteiger partial charge on any atom is 0.262 e. The van der Waals surface area contributed by atoms with Crippen molar-refractivity contribution in [1.82, 2.24) is 10.2 Å². The topological polar surface area (TPSA) is 105 Å². The van der Waals surface area contributed by atoms with Crippen molar-refractivity contribution in [2.24, 2.45) is 0 Å². The van der Waals surface area contributed by atoms with Crippen molar-refractivity contribution in [2.75, 3.05) is 31.5 Å². The van der Waals surface area contributed by atoms with E-state index < -0.39 is 16.1 Å². The smallest absolute Gasteiger partial charge is 0.262 e. The van der Waals surface area contributed by atoms with Gasteiger partial charge >= 0.3 is 0 Å². The Morgan fingerprint density at radius 3 is 2.69 bits per heavy atom. The molecule has 1 atom stereocenters. The number of ether oxygens (including phenoxy) is 1. The largest absolute Gasteiger partial charge is 0.383 e. The molecule has 0 aliphatic carbocycles. The Balaban J connectivity index is 1.77. The molecule has 32 heavy (non-hydrogen) atoms. The van der Waals surface area contributed by atoms with E-state index in [1.807, 2.05) is 13.0 Å². The predicted molar refractivity (Wildman–Crippen MR) is 122 cm³/mol. The first-order valence-electron chi connectivity index (χ1n) is 10.5. The zero-order valence-electron chi connectivity index (χ0n) is 18.6. The minimum atomic E-state index is -3.82. The van der Waals surface area contributed by atoms with E-state index in [1.54, 1.807) is 49.3 Å². The molecular weight excluding hydrogens is 430 g/mol. The second-order valence-corrected chi connectivity index (χ2v) is 9.55. The third-order valence-electron chi connectivity index (χ3n) is 5.42. The predicted octanol–water partition coefficient (Wildman–Crippen LogP) is 2.47. The lowest BCUT2D eigenvalue weighted by atomic mass is 10.1. The fourth-order valence-corrected chi connectivity index (χ4v) is 5.15. The van der Waals surface area contributed by atoms with Gasteiger partial charge in [-0.05, 0) is 62.1 Å². The summed E-state index contributed by atoms with van der Waals surface area (Å²) in [7, 11) is -2.26. The monoisotopic (exact) mass is 459 g/mol. The number of benzene rings is 2. The van der Waals surface area contributed by atoms with Gasteiger partial charge in [-0.3, -0.25) is 14.3 Å². The van der Waals surface area contributed by atoms with Crippen molar-refractivity contribution < 1.29 is 22.7 Å². The summed E-state index contributed by atoms with van der Waals surface area (Å²) in [6.07, 6.45) is 1.32. The highest BCUT2D eigenvalue weighted by atomic mass is 32.2. The number of likely N-dealkylation sites (tertiary alicyclic amines) is 1. The van der Waals surface area contributed by atoms with Crippen molar-refractivity contribution in [3.8, 4) is 0 Å². The molecule has 1 unspecified atom stereocenters. The van der Waals surface area contributed by atoms with Gasteiger partial charge in [0.05, 0.1) is 11.5 Å². The van der Waals surface area contributed by atoms with Gasteiger partial charge in [-0.15, -0.1) is 0 Å². The Morgan fingerprint density at radius 2 is 1.94 bits per heavy atom. The fourth-order valence-electron chi connectivity index (χ4n) is 3.76. The highest BCUT2D eigenvalue weighted by Crippen LogP contribution is 2.24. The highest BCUT2D eigenvalue weighted by molar-refractivity contribution is 7.92. The number of hydrogen-bond donors (Lipinski definition) is 2. The molecule has 1 saturated heterocycles. The number of carbonyl (C=O) groups is 2. The molecule has 9 heteroatoms. The maximum atomic E-state index is 13.1. The Bertz CT molecular complexity index is 1100. The second kappa shape index (κ2) is 10.1. The van der Waals surface area contributed by atoms with Crippen LogP contribution in [0.2, 0.25) is 0 Å². The molecule has 1 aliphatic rings. The van der Waals surface area contributed by atoms with E-state index >= 15 is 0 Å². The van der Waals surface area contributed by atoms with Crippen molar-refractivity contribution in [3.63, 3.8) is 0 Å². The SMILES string of the molecule is COCCNC(=O)C1CCCN1C(=O)c1cccc(NS(=O)(=O)c2cc(C)ccc2C)c1. The van der Waals surface area contributed by atoms with Gasteiger partial charge in [-0.25, -0.2) is 8.42 Å². The summed E-state index contributed by atoms with van der Waals surface area (Å²) in [5, 5.41) is 2.78. The first kappa shape index (κ1) is 23.7. The first-order chi connectivity index (χ1) is 15.2. The minimum Gasteiger partial charge on any atom is -0.383 e. The number of amides is 2. The van der Waals surface area contributed by atoms with Crippen LogP contribution >= 0.6 is 0 Å². The van der Waals surface area contributed by atoms with Crippen LogP contribution in [0.25, 0.3) is 0 Å². The molecule has 0 saturated carbocycles. The van der Waals surface area contributed by atoms with E-state index in [1.165, 1.54) is 6.07 Å². The molecule has 2 N–H and O–H groups in total. The normalized spacial score (nSPS) is 16.1. The van der Waals surface area contributed by atoms with Crippen LogP contribution in [0, 0.1) is 13.8 Å². The van der Waals surface area contributed by atoms with Gasteiger partial charge in [0.1, 0.15) is 6.04 Å². The average molecular weight is 460 g/mol. The molecule has 0 radical (unpaired) electrons. The maximum absolute atomic E-state index is 13.1. The third kappa shape index (κ3) is 5.46. The molecule has 2 amide bonds. The highest BCUT2D eigenvalue weighted by Gasteiger charge is 2.34. The van der Waals surface area contributed by atoms with Crippen molar-refractivity contribution in [1.29, 1.82) is 0 Å². The van der Waals surface area contributed by atoms with Crippen molar-refractivity contribution >= 4 is 27.5 Å². The summed E-state index contributed by atoms with van der Waals surface area (Å²) < 4.78 is 33.3. The van der Waals surface area contributed by atoms with E-state index in [0.29, 0.717) is 37.2 Å². The molecule has 1 fully saturated rings. The summed E-state index contributed by atoms with van der Waals surface area (Å²) in [5.74, 6) is -0.512. The molecular formula is C23H29N3O5S. The number of anilines is 1. The van der Waals surface area contributed by atoms with Crippen LogP contribution < -0.4 is 10.0 Å². The first-order valence-corrected chi connectivity index (χ1v) is 12.0. The van der Waals surface area contributed by atoms with Crippen LogP contribution in [0.3, 0.4) is 0 Å². The Kier molecular flexibility index (Phi) is 7.52. The lowest BCUT2D eigenvalue weighted by Gasteiger charge is -2.24. The molecule has 2 aromatic carbocycles. The van der Waals surface area contributed by atoms with Gasteiger partial charge in [-0.2, -0.15) is 0 Å². The quantitative estimate of drug-likeness (QED) is 0.590. The molecule has 0 spiro atoms. The molecule has 172 valence electrons. The van der Waals surface area contributed by atoms with Gasteiger partial charge < -0.3 is 15.0 Å². The summed E-state index contributed by atoms with van der Waals surface area (Å²) in [6, 6.07) is 11.0. The van der Waals surface area contributed by atoms with E-state index in [4.69, 9.17) is 4.74 Å². The van der Waals surface area contributed by atoms with Crippen molar-refractivity contribution in [3.05, 3.63) is 59.2 Å². The number of carbonyl (C=O) groups excluding carboxylic acids is 2. The molecule has 1 aliphatic heterocycles. The fraction of sp³-hybridized carbons (Fsp3) is 0.391. The molecule has 2 aromatic rings. The summed E-state index contributed by atoms with van der Waals surface area (Å²) >= 11 is 0. The summed E-state index contributed by atoms with van der Waals surface area (Å²) in [4.78, 5) is 27.3. The second-order valence-electron chi connectivity index (χ2n) is 7.90. The molecule has 0 aromatic heterocycles. The van der Waals surface area contributed by atoms with Crippen LogP contribution in [0.5, 0.6) is 0 Å². The van der Waals surface area contributed by atoms with Crippen LogP contribution in [0.4, 0.5) is 5.69 Å². The molecule has 1 heterocycles. The third-order valence-corrected chi connectivity index (χ3v) is 6.94. The standard InChI is InChI=1S/C23H29N3O5S/c1-16-9-10-17(2)21(14-16)32(29,30)25-19-7-4-6-18(15-19)23(28)26-12-5-8-20(26)22(27)24-11-13-31-3/h4,6-7,9-10,14-15,20,25H,5,8,11-13H2,1-3H3,(H,24,27). The lowest BCUT2D eigenvalue weighted by Crippen LogP contribution is -2.46.